The highest BCUT2D eigenvalue weighted by Crippen LogP contribution is 2.58. The maximum Gasteiger partial charge on any atom is 0.509 e. The number of ether oxygens (including phenoxy) is 4. The van der Waals surface area contributed by atoms with E-state index in [1.807, 2.05) is 6.07 Å². The number of fused-ring (bicyclic) bond motifs is 2. The number of aromatic nitrogens is 4. The van der Waals surface area contributed by atoms with E-state index in [2.05, 4.69) is 21.9 Å². The Hall–Kier alpha value is -3.00. The van der Waals surface area contributed by atoms with Gasteiger partial charge in [0.05, 0.1) is 32.3 Å². The van der Waals surface area contributed by atoms with Crippen LogP contribution in [-0.2, 0) is 32.3 Å². The number of nitrogens with zero attached hydrogens (tertiary/aromatic N) is 4. The van der Waals surface area contributed by atoms with E-state index in [0.29, 0.717) is 41.1 Å². The van der Waals surface area contributed by atoms with Crippen LogP contribution in [0.1, 0.15) is 44.6 Å². The van der Waals surface area contributed by atoms with Gasteiger partial charge >= 0.3 is 14.0 Å². The SMILES string of the molecule is CC1CC1COc1nc(N)nc2c1ncn2C1OC(COP2(=O)OCCC(c3cccc(Cl)c3)O2)C2OC(=O)OC21C. The first-order valence-corrected chi connectivity index (χ1v) is 15.5. The second-order valence-corrected chi connectivity index (χ2v) is 13.2. The van der Waals surface area contributed by atoms with Crippen LogP contribution < -0.4 is 10.5 Å². The molecule has 7 rings (SSSR count). The Morgan fingerprint density at radius 1 is 1.29 bits per heavy atom. The van der Waals surface area contributed by atoms with E-state index >= 15 is 0 Å². The molecule has 8 atom stereocenters. The zero-order chi connectivity index (χ0) is 29.2. The van der Waals surface area contributed by atoms with Crippen LogP contribution in [0.15, 0.2) is 30.6 Å². The molecule has 1 aliphatic carbocycles. The minimum Gasteiger partial charge on any atom is -0.476 e. The number of hydrogen-bond acceptors (Lipinski definition) is 13. The van der Waals surface area contributed by atoms with E-state index in [4.69, 9.17) is 49.9 Å². The van der Waals surface area contributed by atoms with Gasteiger partial charge in [0.15, 0.2) is 29.1 Å². The van der Waals surface area contributed by atoms with Crippen LogP contribution in [0.25, 0.3) is 11.2 Å². The molecule has 224 valence electrons. The fourth-order valence-electron chi connectivity index (χ4n) is 5.63. The number of imidazole rings is 1. The summed E-state index contributed by atoms with van der Waals surface area (Å²) in [5.41, 5.74) is 6.16. The molecule has 8 unspecified atom stereocenters. The Kier molecular flexibility index (Phi) is 6.83. The molecular weight excluding hydrogens is 593 g/mol. The maximum absolute atomic E-state index is 13.4. The molecule has 5 heterocycles. The number of rotatable bonds is 8. The van der Waals surface area contributed by atoms with E-state index in [9.17, 15) is 9.36 Å². The summed E-state index contributed by atoms with van der Waals surface area (Å²) < 4.78 is 55.2. The van der Waals surface area contributed by atoms with Gasteiger partial charge in [-0.1, -0.05) is 30.7 Å². The number of carbonyl (C=O) groups is 1. The fourth-order valence-corrected chi connectivity index (χ4v) is 7.22. The van der Waals surface area contributed by atoms with E-state index < -0.39 is 44.1 Å². The monoisotopic (exact) mass is 621 g/mol. The van der Waals surface area contributed by atoms with E-state index in [0.717, 1.165) is 12.0 Å². The standard InChI is InChI=1S/C26H29ClN5O9P/c1-13-8-15(13)10-35-22-19-21(30-24(28)31-22)32(12-29-19)23-26(2)20(39-25(33)40-26)18(38-23)11-37-42(34)36-7-6-17(41-42)14-4-3-5-16(27)9-14/h3-5,9,12-13,15,17-18,20,23H,6-8,10-11H2,1-2H3,(H2,28,30,31). The average Bonchev–Trinajstić information content (AvgIpc) is 3.22. The largest absolute Gasteiger partial charge is 0.509 e. The number of phosphoric ester groups is 1. The highest BCUT2D eigenvalue weighted by Gasteiger charge is 2.64. The van der Waals surface area contributed by atoms with Crippen LogP contribution in [0.4, 0.5) is 10.7 Å². The van der Waals surface area contributed by atoms with Crippen LogP contribution in [0.2, 0.25) is 5.02 Å². The molecule has 1 saturated carbocycles. The molecule has 1 aromatic carbocycles. The molecule has 42 heavy (non-hydrogen) atoms. The molecule has 0 amide bonds. The van der Waals surface area contributed by atoms with Gasteiger partial charge in [-0.25, -0.2) is 14.3 Å². The third-order valence-corrected chi connectivity index (χ3v) is 9.81. The molecular formula is C26H29ClN5O9P. The number of halogens is 1. The quantitative estimate of drug-likeness (QED) is 0.274. The molecule has 3 saturated heterocycles. The fraction of sp³-hybridized carbons (Fsp3) is 0.538. The summed E-state index contributed by atoms with van der Waals surface area (Å²) in [6.45, 7) is 4.18. The van der Waals surface area contributed by atoms with Gasteiger partial charge in [0.1, 0.15) is 6.10 Å². The van der Waals surface area contributed by atoms with Crippen LogP contribution in [-0.4, -0.2) is 63.3 Å². The summed E-state index contributed by atoms with van der Waals surface area (Å²) in [5.74, 6) is 1.30. The normalized spacial score (nSPS) is 35.5. The summed E-state index contributed by atoms with van der Waals surface area (Å²) in [5, 5.41) is 0.529. The van der Waals surface area contributed by atoms with E-state index in [-0.39, 0.29) is 25.0 Å². The third-order valence-electron chi connectivity index (χ3n) is 8.10. The average molecular weight is 622 g/mol. The number of nitrogen functional groups attached to an aromatic ring is 1. The molecule has 3 aliphatic heterocycles. The van der Waals surface area contributed by atoms with Crippen LogP contribution in [0, 0.1) is 11.8 Å². The molecule has 0 radical (unpaired) electrons. The van der Waals surface area contributed by atoms with Gasteiger partial charge in [-0.3, -0.25) is 18.1 Å². The predicted octanol–water partition coefficient (Wildman–Crippen LogP) is 4.59. The van der Waals surface area contributed by atoms with Crippen LogP contribution in [0.3, 0.4) is 0 Å². The highest BCUT2D eigenvalue weighted by molar-refractivity contribution is 7.48. The first-order chi connectivity index (χ1) is 20.1. The van der Waals surface area contributed by atoms with Crippen LogP contribution in [0.5, 0.6) is 5.88 Å². The van der Waals surface area contributed by atoms with Gasteiger partial charge in [-0.05, 0) is 42.9 Å². The van der Waals surface area contributed by atoms with Crippen molar-refractivity contribution in [3.8, 4) is 5.88 Å². The van der Waals surface area contributed by atoms with E-state index in [1.165, 1.54) is 6.33 Å². The van der Waals surface area contributed by atoms with Gasteiger partial charge in [-0.2, -0.15) is 9.97 Å². The number of phosphoric acid groups is 1. The molecule has 0 spiro atoms. The molecule has 4 fully saturated rings. The first kappa shape index (κ1) is 27.8. The lowest BCUT2D eigenvalue weighted by molar-refractivity contribution is -0.0925. The second-order valence-electron chi connectivity index (χ2n) is 11.1. The van der Waals surface area contributed by atoms with Gasteiger partial charge in [0.25, 0.3) is 0 Å². The van der Waals surface area contributed by atoms with Crippen molar-refractivity contribution in [1.29, 1.82) is 0 Å². The molecule has 4 aliphatic rings. The van der Waals surface area contributed by atoms with Crippen molar-refractivity contribution in [1.82, 2.24) is 19.5 Å². The predicted molar refractivity (Wildman–Crippen MR) is 146 cm³/mol. The zero-order valence-corrected chi connectivity index (χ0v) is 24.4. The van der Waals surface area contributed by atoms with Crippen molar-refractivity contribution in [2.75, 3.05) is 25.6 Å². The van der Waals surface area contributed by atoms with Crippen LogP contribution >= 0.6 is 19.4 Å². The Morgan fingerprint density at radius 2 is 2.12 bits per heavy atom. The van der Waals surface area contributed by atoms with E-state index in [1.54, 1.807) is 29.7 Å². The number of benzene rings is 1. The Balaban J connectivity index is 1.11. The Bertz CT molecular complexity index is 1590. The Morgan fingerprint density at radius 3 is 2.90 bits per heavy atom. The second kappa shape index (κ2) is 10.3. The van der Waals surface area contributed by atoms with Crippen molar-refractivity contribution >= 4 is 42.7 Å². The zero-order valence-electron chi connectivity index (χ0n) is 22.8. The molecule has 14 nitrogen and oxygen atoms in total. The number of nitrogens with two attached hydrogens (primary N) is 1. The Labute approximate surface area is 245 Å². The molecule has 0 bridgehead atoms. The summed E-state index contributed by atoms with van der Waals surface area (Å²) in [6, 6.07) is 7.09. The minimum atomic E-state index is -4.00. The third kappa shape index (κ3) is 4.99. The molecule has 3 aromatic rings. The van der Waals surface area contributed by atoms with Crippen molar-refractivity contribution in [2.24, 2.45) is 11.8 Å². The lowest BCUT2D eigenvalue weighted by Crippen LogP contribution is -2.42. The highest BCUT2D eigenvalue weighted by atomic mass is 35.5. The number of carbonyl (C=O) groups excluding carboxylic acids is 1. The van der Waals surface area contributed by atoms with Crippen molar-refractivity contribution < 1.29 is 41.9 Å². The number of anilines is 1. The number of hydrogen-bond donors (Lipinski definition) is 1. The van der Waals surface area contributed by atoms with Gasteiger partial charge < -0.3 is 24.7 Å². The topological polar surface area (TPSA) is 168 Å². The minimum absolute atomic E-state index is 0.0127. The van der Waals surface area contributed by atoms with Crippen molar-refractivity contribution in [3.05, 3.63) is 41.2 Å². The first-order valence-electron chi connectivity index (χ1n) is 13.6. The summed E-state index contributed by atoms with van der Waals surface area (Å²) in [6.07, 6.45) is -1.15. The van der Waals surface area contributed by atoms with Crippen molar-refractivity contribution in [3.63, 3.8) is 0 Å². The summed E-state index contributed by atoms with van der Waals surface area (Å²) >= 11 is 6.12. The van der Waals surface area contributed by atoms with Gasteiger partial charge in [0, 0.05) is 11.4 Å². The molecule has 2 N–H and O–H groups in total. The van der Waals surface area contributed by atoms with Gasteiger partial charge in [0.2, 0.25) is 11.8 Å². The maximum atomic E-state index is 13.4. The molecule has 16 heteroatoms. The smallest absolute Gasteiger partial charge is 0.476 e. The van der Waals surface area contributed by atoms with Gasteiger partial charge in [-0.15, -0.1) is 0 Å². The summed E-state index contributed by atoms with van der Waals surface area (Å²) in [4.78, 5) is 25.4. The van der Waals surface area contributed by atoms with Crippen molar-refractivity contribution in [2.45, 2.75) is 56.8 Å². The molecule has 2 aromatic heterocycles. The summed E-state index contributed by atoms with van der Waals surface area (Å²) in [7, 11) is -4.00. The lowest BCUT2D eigenvalue weighted by atomic mass is 9.96. The lowest BCUT2D eigenvalue weighted by Gasteiger charge is -2.30.